The van der Waals surface area contributed by atoms with Gasteiger partial charge in [0.2, 0.25) is 5.91 Å². The van der Waals surface area contributed by atoms with Crippen LogP contribution < -0.4 is 10.4 Å². The van der Waals surface area contributed by atoms with Crippen LogP contribution in [0.1, 0.15) is 32.8 Å². The van der Waals surface area contributed by atoms with E-state index in [2.05, 4.69) is 75.9 Å². The van der Waals surface area contributed by atoms with Crippen LogP contribution >= 0.6 is 0 Å². The Morgan fingerprint density at radius 2 is 1.53 bits per heavy atom. The number of rotatable bonds is 10. The summed E-state index contributed by atoms with van der Waals surface area (Å²) in [6.45, 7) is 11.2. The molecule has 3 aromatic rings. The number of amides is 2. The molecule has 0 unspecified atom stereocenters. The van der Waals surface area contributed by atoms with E-state index in [0.717, 1.165) is 5.56 Å². The van der Waals surface area contributed by atoms with E-state index in [1.54, 1.807) is 6.08 Å². The molecule has 0 radical (unpaired) electrons. The summed E-state index contributed by atoms with van der Waals surface area (Å²) < 4.78 is 12.3. The second kappa shape index (κ2) is 11.9. The fraction of sp³-hybridized carbons (Fsp3) is 0.312. The van der Waals surface area contributed by atoms with Crippen molar-refractivity contribution in [3.8, 4) is 0 Å². The molecule has 1 heterocycles. The highest BCUT2D eigenvalue weighted by atomic mass is 28.4. The lowest BCUT2D eigenvalue weighted by Crippen LogP contribution is -2.66. The van der Waals surface area contributed by atoms with Crippen molar-refractivity contribution in [1.82, 2.24) is 4.90 Å². The van der Waals surface area contributed by atoms with Crippen LogP contribution in [0.15, 0.2) is 104 Å². The fourth-order valence-electron chi connectivity index (χ4n) is 5.33. The van der Waals surface area contributed by atoms with Crippen LogP contribution in [0.25, 0.3) is 0 Å². The number of ether oxygens (including phenoxy) is 1. The van der Waals surface area contributed by atoms with E-state index in [1.807, 2.05) is 42.5 Å². The quantitative estimate of drug-likeness (QED) is 0.264. The summed E-state index contributed by atoms with van der Waals surface area (Å²) in [5, 5.41) is 2.18. The fourth-order valence-corrected chi connectivity index (χ4v) is 9.95. The Morgan fingerprint density at radius 1 is 1.00 bits per heavy atom. The molecule has 5 nitrogen and oxygen atoms in total. The highest BCUT2D eigenvalue weighted by Gasteiger charge is 2.50. The third kappa shape index (κ3) is 5.82. The van der Waals surface area contributed by atoms with Gasteiger partial charge in [0.05, 0.1) is 6.04 Å². The summed E-state index contributed by atoms with van der Waals surface area (Å²) in [6.07, 6.45) is 1.88. The lowest BCUT2D eigenvalue weighted by molar-refractivity contribution is -0.130. The highest BCUT2D eigenvalue weighted by molar-refractivity contribution is 6.99. The van der Waals surface area contributed by atoms with E-state index >= 15 is 0 Å². The molecule has 1 aliphatic rings. The molecule has 0 bridgehead atoms. The molecule has 0 saturated carbocycles. The number of carbonyl (C=O) groups is 2. The first-order valence-corrected chi connectivity index (χ1v) is 15.1. The average molecular weight is 528 g/mol. The summed E-state index contributed by atoms with van der Waals surface area (Å²) in [4.78, 5) is 27.2. The second-order valence-electron chi connectivity index (χ2n) is 10.9. The van der Waals surface area contributed by atoms with Crippen molar-refractivity contribution in [2.45, 2.75) is 44.7 Å². The SMILES string of the molecule is C=C[C@H](CO[Si](c1ccccc1)(c1ccccc1)C(C)(C)C)CC(=O)N1C(=O)OC[C@@H]1Cc1ccccc1. The van der Waals surface area contributed by atoms with Crippen LogP contribution in [-0.2, 0) is 20.4 Å². The van der Waals surface area contributed by atoms with Gasteiger partial charge in [0, 0.05) is 18.9 Å². The van der Waals surface area contributed by atoms with Gasteiger partial charge in [-0.25, -0.2) is 9.69 Å². The lowest BCUT2D eigenvalue weighted by Gasteiger charge is -2.43. The lowest BCUT2D eigenvalue weighted by atomic mass is 10.0. The van der Waals surface area contributed by atoms with Gasteiger partial charge >= 0.3 is 6.09 Å². The predicted octanol–water partition coefficient (Wildman–Crippen LogP) is 5.35. The zero-order valence-electron chi connectivity index (χ0n) is 22.5. The van der Waals surface area contributed by atoms with Crippen LogP contribution in [0.3, 0.4) is 0 Å². The summed E-state index contributed by atoms with van der Waals surface area (Å²) in [5.74, 6) is -0.515. The maximum atomic E-state index is 13.4. The Kier molecular flexibility index (Phi) is 8.64. The van der Waals surface area contributed by atoms with Gasteiger partial charge in [0.25, 0.3) is 8.32 Å². The Hall–Kier alpha value is -3.48. The van der Waals surface area contributed by atoms with E-state index in [1.165, 1.54) is 15.3 Å². The number of imide groups is 1. The van der Waals surface area contributed by atoms with Gasteiger partial charge in [-0.2, -0.15) is 0 Å². The molecule has 3 aromatic carbocycles. The summed E-state index contributed by atoms with van der Waals surface area (Å²) in [7, 11) is -2.75. The van der Waals surface area contributed by atoms with Crippen molar-refractivity contribution < 1.29 is 18.8 Å². The Bertz CT molecular complexity index is 1190. The third-order valence-electron chi connectivity index (χ3n) is 7.24. The van der Waals surface area contributed by atoms with Crippen molar-refractivity contribution in [3.05, 3.63) is 109 Å². The first-order valence-electron chi connectivity index (χ1n) is 13.2. The predicted molar refractivity (Wildman–Crippen MR) is 154 cm³/mol. The van der Waals surface area contributed by atoms with Crippen LogP contribution in [0.4, 0.5) is 4.79 Å². The Balaban J connectivity index is 1.55. The van der Waals surface area contributed by atoms with Gasteiger partial charge < -0.3 is 9.16 Å². The van der Waals surface area contributed by atoms with Gasteiger partial charge in [-0.15, -0.1) is 6.58 Å². The molecule has 2 atom stereocenters. The van der Waals surface area contributed by atoms with Crippen LogP contribution in [0.5, 0.6) is 0 Å². The minimum Gasteiger partial charge on any atom is -0.447 e. The molecular formula is C32H37NO4Si. The maximum absolute atomic E-state index is 13.4. The van der Waals surface area contributed by atoms with E-state index < -0.39 is 14.4 Å². The van der Waals surface area contributed by atoms with Crippen molar-refractivity contribution in [1.29, 1.82) is 0 Å². The topological polar surface area (TPSA) is 55.8 Å². The minimum absolute atomic E-state index is 0.127. The first-order chi connectivity index (χ1) is 18.3. The highest BCUT2D eigenvalue weighted by Crippen LogP contribution is 2.37. The number of carbonyl (C=O) groups excluding carboxylic acids is 2. The number of hydrogen-bond acceptors (Lipinski definition) is 4. The van der Waals surface area contributed by atoms with Crippen LogP contribution in [0.2, 0.25) is 5.04 Å². The molecule has 1 aliphatic heterocycles. The van der Waals surface area contributed by atoms with E-state index in [-0.39, 0.29) is 35.9 Å². The molecule has 1 saturated heterocycles. The van der Waals surface area contributed by atoms with Gasteiger partial charge in [-0.05, 0) is 27.4 Å². The van der Waals surface area contributed by atoms with Crippen molar-refractivity contribution in [2.75, 3.05) is 13.2 Å². The van der Waals surface area contributed by atoms with Gasteiger partial charge in [0.15, 0.2) is 0 Å². The zero-order valence-corrected chi connectivity index (χ0v) is 23.5. The van der Waals surface area contributed by atoms with Gasteiger partial charge in [-0.3, -0.25) is 4.79 Å². The second-order valence-corrected chi connectivity index (χ2v) is 15.2. The molecule has 0 aromatic heterocycles. The molecule has 2 amide bonds. The molecule has 6 heteroatoms. The molecule has 1 fully saturated rings. The molecule has 0 spiro atoms. The molecular weight excluding hydrogens is 490 g/mol. The first kappa shape index (κ1) is 27.5. The van der Waals surface area contributed by atoms with Crippen LogP contribution in [-0.4, -0.2) is 44.5 Å². The average Bonchev–Trinajstić information content (AvgIpc) is 3.29. The normalized spacial score (nSPS) is 16.7. The number of hydrogen-bond donors (Lipinski definition) is 0. The number of benzene rings is 3. The molecule has 0 N–H and O–H groups in total. The number of nitrogens with zero attached hydrogens (tertiary/aromatic N) is 1. The molecule has 38 heavy (non-hydrogen) atoms. The van der Waals surface area contributed by atoms with E-state index in [0.29, 0.717) is 13.0 Å². The summed E-state index contributed by atoms with van der Waals surface area (Å²) in [5.41, 5.74) is 1.06. The molecule has 4 rings (SSSR count). The smallest absolute Gasteiger partial charge is 0.416 e. The van der Waals surface area contributed by atoms with E-state index in [4.69, 9.17) is 9.16 Å². The maximum Gasteiger partial charge on any atom is 0.416 e. The van der Waals surface area contributed by atoms with Crippen molar-refractivity contribution >= 4 is 30.7 Å². The van der Waals surface area contributed by atoms with E-state index in [9.17, 15) is 9.59 Å². The summed E-state index contributed by atoms with van der Waals surface area (Å²) in [6, 6.07) is 30.3. The zero-order chi connectivity index (χ0) is 27.2. The van der Waals surface area contributed by atoms with Crippen molar-refractivity contribution in [2.24, 2.45) is 5.92 Å². The van der Waals surface area contributed by atoms with Gasteiger partial charge in [-0.1, -0.05) is 118 Å². The van der Waals surface area contributed by atoms with Crippen molar-refractivity contribution in [3.63, 3.8) is 0 Å². The minimum atomic E-state index is -2.75. The largest absolute Gasteiger partial charge is 0.447 e. The molecule has 198 valence electrons. The van der Waals surface area contributed by atoms with Gasteiger partial charge in [0.1, 0.15) is 6.61 Å². The molecule has 0 aliphatic carbocycles. The number of cyclic esters (lactones) is 1. The Labute approximate surface area is 227 Å². The van der Waals surface area contributed by atoms with Crippen LogP contribution in [0, 0.1) is 5.92 Å². The monoisotopic (exact) mass is 527 g/mol. The summed E-state index contributed by atoms with van der Waals surface area (Å²) >= 11 is 0. The Morgan fingerprint density at radius 3 is 2.03 bits per heavy atom. The third-order valence-corrected chi connectivity index (χ3v) is 12.2. The standard InChI is InChI=1S/C32H37NO4Si/c1-5-25(22-30(34)33-27(24-36-31(33)35)21-26-15-9-6-10-16-26)23-37-38(32(2,3)4,28-17-11-7-12-18-28)29-19-13-8-14-20-29/h5-20,25,27H,1,21-24H2,2-4H3/t25-,27-/m0/s1.